The summed E-state index contributed by atoms with van der Waals surface area (Å²) in [5, 5.41) is 0.484. The van der Waals surface area contributed by atoms with E-state index in [2.05, 4.69) is 24.9 Å². The second-order valence-corrected chi connectivity index (χ2v) is 5.70. The first kappa shape index (κ1) is 15.5. The van der Waals surface area contributed by atoms with Crippen molar-refractivity contribution in [3.05, 3.63) is 53.7 Å². The van der Waals surface area contributed by atoms with E-state index in [-0.39, 0.29) is 6.01 Å². The Morgan fingerprint density at radius 1 is 1.04 bits per heavy atom. The summed E-state index contributed by atoms with van der Waals surface area (Å²) in [6.45, 7) is 0. The van der Waals surface area contributed by atoms with Gasteiger partial charge in [-0.25, -0.2) is 24.3 Å². The van der Waals surface area contributed by atoms with Crippen LogP contribution in [-0.4, -0.2) is 32.0 Å². The predicted molar refractivity (Wildman–Crippen MR) is 91.9 cm³/mol. The van der Waals surface area contributed by atoms with Crippen molar-refractivity contribution in [3.8, 4) is 28.5 Å². The molecule has 0 amide bonds. The molecule has 25 heavy (non-hydrogen) atoms. The van der Waals surface area contributed by atoms with Crippen LogP contribution in [0.5, 0.6) is 6.01 Å². The Morgan fingerprint density at radius 2 is 1.84 bits per heavy atom. The van der Waals surface area contributed by atoms with Crippen molar-refractivity contribution in [2.45, 2.75) is 0 Å². The van der Waals surface area contributed by atoms with Gasteiger partial charge in [0.2, 0.25) is 0 Å². The van der Waals surface area contributed by atoms with Gasteiger partial charge in [0, 0.05) is 24.2 Å². The highest BCUT2D eigenvalue weighted by molar-refractivity contribution is 6.31. The number of nitrogens with zero attached hydrogens (tertiary/aromatic N) is 4. The number of H-pyrrole nitrogens is 1. The number of hydrogen-bond acceptors (Lipinski definition) is 5. The summed E-state index contributed by atoms with van der Waals surface area (Å²) in [5.74, 6) is -0.0294. The van der Waals surface area contributed by atoms with Gasteiger partial charge in [0.1, 0.15) is 11.6 Å². The number of fused-ring (bicyclic) bond motifs is 1. The van der Waals surface area contributed by atoms with Crippen LogP contribution in [0.3, 0.4) is 0 Å². The Bertz CT molecular complexity index is 1060. The Kier molecular flexibility index (Phi) is 3.77. The number of pyridine rings is 1. The van der Waals surface area contributed by atoms with Crippen molar-refractivity contribution >= 4 is 22.8 Å². The van der Waals surface area contributed by atoms with Crippen LogP contribution in [0.25, 0.3) is 33.7 Å². The number of benzene rings is 1. The second kappa shape index (κ2) is 6.10. The van der Waals surface area contributed by atoms with Crippen LogP contribution in [0.2, 0.25) is 5.02 Å². The fourth-order valence-electron chi connectivity index (χ4n) is 2.46. The third kappa shape index (κ3) is 2.89. The van der Waals surface area contributed by atoms with Gasteiger partial charge in [-0.2, -0.15) is 0 Å². The molecule has 0 aliphatic rings. The van der Waals surface area contributed by atoms with Gasteiger partial charge >= 0.3 is 6.01 Å². The van der Waals surface area contributed by atoms with Crippen LogP contribution in [-0.2, 0) is 0 Å². The molecule has 3 aromatic heterocycles. The Hall–Kier alpha value is -3.06. The lowest BCUT2D eigenvalue weighted by Crippen LogP contribution is -1.92. The van der Waals surface area contributed by atoms with E-state index in [4.69, 9.17) is 16.3 Å². The minimum absolute atomic E-state index is 0.259. The smallest absolute Gasteiger partial charge is 0.316 e. The highest BCUT2D eigenvalue weighted by atomic mass is 35.5. The van der Waals surface area contributed by atoms with Crippen molar-refractivity contribution in [2.75, 3.05) is 7.11 Å². The first-order chi connectivity index (χ1) is 12.1. The lowest BCUT2D eigenvalue weighted by Gasteiger charge is -2.05. The van der Waals surface area contributed by atoms with Gasteiger partial charge in [0.25, 0.3) is 0 Å². The van der Waals surface area contributed by atoms with Crippen molar-refractivity contribution in [2.24, 2.45) is 0 Å². The Labute approximate surface area is 146 Å². The van der Waals surface area contributed by atoms with E-state index in [0.717, 1.165) is 0 Å². The van der Waals surface area contributed by atoms with Crippen molar-refractivity contribution in [1.82, 2.24) is 24.9 Å². The molecule has 6 nitrogen and oxygen atoms in total. The fraction of sp³-hybridized carbons (Fsp3) is 0.0588. The third-order valence-corrected chi connectivity index (χ3v) is 3.88. The normalized spacial score (nSPS) is 11.0. The van der Waals surface area contributed by atoms with E-state index in [0.29, 0.717) is 38.7 Å². The van der Waals surface area contributed by atoms with Crippen LogP contribution < -0.4 is 4.74 Å². The lowest BCUT2D eigenvalue weighted by molar-refractivity contribution is 0.380. The SMILES string of the molecule is COc1ncc(-c2ccc(-c3nc4ncc(Cl)cc4[nH]3)c(F)c2)cn1. The molecule has 4 rings (SSSR count). The molecule has 0 spiro atoms. The minimum Gasteiger partial charge on any atom is -0.467 e. The molecule has 0 aliphatic carbocycles. The van der Waals surface area contributed by atoms with E-state index in [9.17, 15) is 4.39 Å². The molecule has 0 saturated carbocycles. The highest BCUT2D eigenvalue weighted by Gasteiger charge is 2.13. The van der Waals surface area contributed by atoms with E-state index in [1.165, 1.54) is 19.4 Å². The number of nitrogens with one attached hydrogen (secondary N) is 1. The summed E-state index contributed by atoms with van der Waals surface area (Å²) in [4.78, 5) is 19.5. The largest absolute Gasteiger partial charge is 0.467 e. The lowest BCUT2D eigenvalue weighted by atomic mass is 10.1. The van der Waals surface area contributed by atoms with Crippen LogP contribution in [0.1, 0.15) is 0 Å². The molecular weight excluding hydrogens is 345 g/mol. The highest BCUT2D eigenvalue weighted by Crippen LogP contribution is 2.27. The predicted octanol–water partition coefficient (Wildman–Crippen LogP) is 3.88. The van der Waals surface area contributed by atoms with Gasteiger partial charge in [0.15, 0.2) is 5.65 Å². The van der Waals surface area contributed by atoms with Crippen LogP contribution >= 0.6 is 11.6 Å². The van der Waals surface area contributed by atoms with Gasteiger partial charge in [-0.05, 0) is 23.8 Å². The Morgan fingerprint density at radius 3 is 2.56 bits per heavy atom. The number of imidazole rings is 1. The van der Waals surface area contributed by atoms with Gasteiger partial charge in [-0.1, -0.05) is 17.7 Å². The molecule has 1 aromatic carbocycles. The average Bonchev–Trinajstić information content (AvgIpc) is 3.04. The third-order valence-electron chi connectivity index (χ3n) is 3.67. The average molecular weight is 356 g/mol. The molecule has 0 saturated heterocycles. The minimum atomic E-state index is -0.418. The number of ether oxygens (including phenoxy) is 1. The summed E-state index contributed by atoms with van der Waals surface area (Å²) in [7, 11) is 1.48. The summed E-state index contributed by atoms with van der Waals surface area (Å²) in [6.07, 6.45) is 4.65. The number of rotatable bonds is 3. The molecule has 0 aliphatic heterocycles. The van der Waals surface area contributed by atoms with E-state index < -0.39 is 5.82 Å². The number of aromatic nitrogens is 5. The maximum absolute atomic E-state index is 14.6. The monoisotopic (exact) mass is 355 g/mol. The molecule has 3 heterocycles. The number of methoxy groups -OCH3 is 1. The zero-order chi connectivity index (χ0) is 17.4. The molecule has 4 aromatic rings. The van der Waals surface area contributed by atoms with Gasteiger partial charge < -0.3 is 9.72 Å². The summed E-state index contributed by atoms with van der Waals surface area (Å²) >= 11 is 5.91. The van der Waals surface area contributed by atoms with E-state index in [1.54, 1.807) is 30.6 Å². The maximum Gasteiger partial charge on any atom is 0.316 e. The second-order valence-electron chi connectivity index (χ2n) is 5.26. The van der Waals surface area contributed by atoms with Crippen molar-refractivity contribution in [3.63, 3.8) is 0 Å². The first-order valence-electron chi connectivity index (χ1n) is 7.31. The summed E-state index contributed by atoms with van der Waals surface area (Å²) in [6, 6.07) is 6.79. The fourth-order valence-corrected chi connectivity index (χ4v) is 2.62. The van der Waals surface area contributed by atoms with Crippen molar-refractivity contribution in [1.29, 1.82) is 0 Å². The van der Waals surface area contributed by atoms with Crippen LogP contribution in [0.4, 0.5) is 4.39 Å². The number of aromatic amines is 1. The molecule has 1 N–H and O–H groups in total. The van der Waals surface area contributed by atoms with Gasteiger partial charge in [0.05, 0.1) is 23.2 Å². The molecule has 0 bridgehead atoms. The zero-order valence-corrected chi connectivity index (χ0v) is 13.8. The van der Waals surface area contributed by atoms with E-state index >= 15 is 0 Å². The molecule has 0 radical (unpaired) electrons. The maximum atomic E-state index is 14.6. The summed E-state index contributed by atoms with van der Waals surface area (Å²) in [5.41, 5.74) is 2.80. The summed E-state index contributed by atoms with van der Waals surface area (Å²) < 4.78 is 19.5. The van der Waals surface area contributed by atoms with Crippen molar-refractivity contribution < 1.29 is 9.13 Å². The van der Waals surface area contributed by atoms with Gasteiger partial charge in [-0.3, -0.25) is 0 Å². The van der Waals surface area contributed by atoms with Crippen LogP contribution in [0.15, 0.2) is 42.9 Å². The molecule has 0 fully saturated rings. The number of hydrogen-bond donors (Lipinski definition) is 1. The molecule has 124 valence electrons. The van der Waals surface area contributed by atoms with E-state index in [1.807, 2.05) is 0 Å². The molecular formula is C17H11ClFN5O. The Balaban J connectivity index is 1.73. The standard InChI is InChI=1S/C17H11ClFN5O/c1-25-17-21-6-10(7-22-17)9-2-3-12(13(19)4-9)15-23-14-5-11(18)8-20-16(14)24-15/h2-8H,1H3,(H,20,23,24). The molecule has 0 atom stereocenters. The zero-order valence-electron chi connectivity index (χ0n) is 13.0. The van der Waals surface area contributed by atoms with Gasteiger partial charge in [-0.15, -0.1) is 0 Å². The first-order valence-corrected chi connectivity index (χ1v) is 7.69. The quantitative estimate of drug-likeness (QED) is 0.603. The topological polar surface area (TPSA) is 76.6 Å². The molecule has 8 heteroatoms. The number of halogens is 2. The molecule has 0 unspecified atom stereocenters. The van der Waals surface area contributed by atoms with Crippen LogP contribution in [0, 0.1) is 5.82 Å².